The summed E-state index contributed by atoms with van der Waals surface area (Å²) in [6.45, 7) is 3.63. The zero-order valence-electron chi connectivity index (χ0n) is 10.9. The number of anilines is 1. The summed E-state index contributed by atoms with van der Waals surface area (Å²) < 4.78 is 5.23. The molecule has 0 saturated heterocycles. The number of nitrogens with zero attached hydrogens (tertiary/aromatic N) is 1. The number of para-hydroxylation sites is 2. The van der Waals surface area contributed by atoms with Crippen LogP contribution in [0.2, 0.25) is 0 Å². The zero-order chi connectivity index (χ0) is 13.1. The van der Waals surface area contributed by atoms with Crippen molar-refractivity contribution in [3.63, 3.8) is 0 Å². The fourth-order valence-corrected chi connectivity index (χ4v) is 1.55. The van der Waals surface area contributed by atoms with Gasteiger partial charge in [-0.1, -0.05) is 19.1 Å². The van der Waals surface area contributed by atoms with Crippen molar-refractivity contribution in [1.82, 2.24) is 0 Å². The lowest BCUT2D eigenvalue weighted by Crippen LogP contribution is -2.51. The van der Waals surface area contributed by atoms with Crippen molar-refractivity contribution in [2.75, 3.05) is 19.1 Å². The van der Waals surface area contributed by atoms with E-state index in [1.165, 1.54) is 0 Å². The highest BCUT2D eigenvalue weighted by molar-refractivity contribution is 6.00. The molecular formula is C13H20N2O2. The molecule has 0 aromatic heterocycles. The molecule has 1 aromatic carbocycles. The molecule has 0 aliphatic carbocycles. The van der Waals surface area contributed by atoms with Crippen LogP contribution in [0, 0.1) is 0 Å². The summed E-state index contributed by atoms with van der Waals surface area (Å²) in [5, 5.41) is 0. The molecule has 0 heterocycles. The fraction of sp³-hybridized carbons (Fsp3) is 0.462. The number of nitrogens with two attached hydrogens (primary N) is 1. The van der Waals surface area contributed by atoms with Gasteiger partial charge in [0.1, 0.15) is 5.75 Å². The van der Waals surface area contributed by atoms with Gasteiger partial charge in [-0.25, -0.2) is 0 Å². The van der Waals surface area contributed by atoms with E-state index in [9.17, 15) is 4.79 Å². The van der Waals surface area contributed by atoms with E-state index in [0.29, 0.717) is 12.2 Å². The predicted molar refractivity (Wildman–Crippen MR) is 69.3 cm³/mol. The lowest BCUT2D eigenvalue weighted by molar-refractivity contribution is -0.123. The average molecular weight is 236 g/mol. The molecule has 0 aliphatic heterocycles. The first-order chi connectivity index (χ1) is 7.94. The van der Waals surface area contributed by atoms with Crippen LogP contribution in [0.1, 0.15) is 20.3 Å². The Hall–Kier alpha value is -1.55. The number of ether oxygens (including phenoxy) is 1. The molecule has 4 heteroatoms. The zero-order valence-corrected chi connectivity index (χ0v) is 10.9. The highest BCUT2D eigenvalue weighted by atomic mass is 16.5. The Morgan fingerprint density at radius 2 is 2.06 bits per heavy atom. The molecule has 0 spiro atoms. The lowest BCUT2D eigenvalue weighted by Gasteiger charge is -2.29. The van der Waals surface area contributed by atoms with E-state index < -0.39 is 5.54 Å². The number of benzene rings is 1. The Kier molecular flexibility index (Phi) is 4.12. The Morgan fingerprint density at radius 1 is 1.47 bits per heavy atom. The van der Waals surface area contributed by atoms with E-state index in [0.717, 1.165) is 5.69 Å². The van der Waals surface area contributed by atoms with E-state index in [2.05, 4.69) is 0 Å². The first-order valence-electron chi connectivity index (χ1n) is 5.64. The van der Waals surface area contributed by atoms with Crippen LogP contribution in [0.15, 0.2) is 24.3 Å². The smallest absolute Gasteiger partial charge is 0.246 e. The largest absolute Gasteiger partial charge is 0.495 e. The number of amides is 1. The molecule has 1 atom stereocenters. The Morgan fingerprint density at radius 3 is 2.59 bits per heavy atom. The molecule has 1 aromatic rings. The van der Waals surface area contributed by atoms with Crippen LogP contribution in [0.25, 0.3) is 0 Å². The molecule has 0 radical (unpaired) electrons. The van der Waals surface area contributed by atoms with E-state index in [-0.39, 0.29) is 5.91 Å². The number of methoxy groups -OCH3 is 1. The molecular weight excluding hydrogens is 216 g/mol. The maximum absolute atomic E-state index is 12.2. The van der Waals surface area contributed by atoms with Gasteiger partial charge in [-0.2, -0.15) is 0 Å². The predicted octanol–water partition coefficient (Wildman–Crippen LogP) is 1.79. The molecule has 0 fully saturated rings. The summed E-state index contributed by atoms with van der Waals surface area (Å²) >= 11 is 0. The highest BCUT2D eigenvalue weighted by Gasteiger charge is 2.30. The lowest BCUT2D eigenvalue weighted by atomic mass is 9.98. The summed E-state index contributed by atoms with van der Waals surface area (Å²) in [7, 11) is 3.29. The molecule has 0 saturated carbocycles. The SMILES string of the molecule is CCC(C)(N)C(=O)N(C)c1ccccc1OC. The topological polar surface area (TPSA) is 55.6 Å². The van der Waals surface area contributed by atoms with Gasteiger partial charge in [0, 0.05) is 7.05 Å². The van der Waals surface area contributed by atoms with Crippen molar-refractivity contribution >= 4 is 11.6 Å². The van der Waals surface area contributed by atoms with Gasteiger partial charge in [0.15, 0.2) is 0 Å². The second-order valence-corrected chi connectivity index (χ2v) is 4.31. The quantitative estimate of drug-likeness (QED) is 0.867. The van der Waals surface area contributed by atoms with Crippen LogP contribution in [0.4, 0.5) is 5.69 Å². The van der Waals surface area contributed by atoms with Crippen LogP contribution < -0.4 is 15.4 Å². The van der Waals surface area contributed by atoms with Crippen molar-refractivity contribution in [2.24, 2.45) is 5.73 Å². The van der Waals surface area contributed by atoms with E-state index in [1.54, 1.807) is 26.0 Å². The van der Waals surface area contributed by atoms with Gasteiger partial charge in [-0.3, -0.25) is 4.79 Å². The second-order valence-electron chi connectivity index (χ2n) is 4.31. The minimum atomic E-state index is -0.852. The van der Waals surface area contributed by atoms with Gasteiger partial charge >= 0.3 is 0 Å². The minimum absolute atomic E-state index is 0.121. The number of rotatable bonds is 4. The van der Waals surface area contributed by atoms with Crippen LogP contribution in [0.3, 0.4) is 0 Å². The first-order valence-corrected chi connectivity index (χ1v) is 5.64. The van der Waals surface area contributed by atoms with E-state index >= 15 is 0 Å². The number of carbonyl (C=O) groups is 1. The Balaban J connectivity index is 3.04. The van der Waals surface area contributed by atoms with Gasteiger partial charge in [0.2, 0.25) is 5.91 Å². The third kappa shape index (κ3) is 2.77. The summed E-state index contributed by atoms with van der Waals surface area (Å²) in [4.78, 5) is 13.8. The van der Waals surface area contributed by atoms with Crippen molar-refractivity contribution in [3.05, 3.63) is 24.3 Å². The third-order valence-electron chi connectivity index (χ3n) is 2.97. The van der Waals surface area contributed by atoms with Crippen LogP contribution >= 0.6 is 0 Å². The molecule has 2 N–H and O–H groups in total. The van der Waals surface area contributed by atoms with Gasteiger partial charge in [0.25, 0.3) is 0 Å². The van der Waals surface area contributed by atoms with Crippen molar-refractivity contribution in [1.29, 1.82) is 0 Å². The summed E-state index contributed by atoms with van der Waals surface area (Å²) in [6.07, 6.45) is 0.589. The number of carbonyl (C=O) groups excluding carboxylic acids is 1. The van der Waals surface area contributed by atoms with Gasteiger partial charge in [0.05, 0.1) is 18.3 Å². The maximum Gasteiger partial charge on any atom is 0.246 e. The van der Waals surface area contributed by atoms with E-state index in [1.807, 2.05) is 31.2 Å². The number of likely N-dealkylation sites (N-methyl/N-ethyl adjacent to an activating group) is 1. The molecule has 94 valence electrons. The second kappa shape index (κ2) is 5.19. The van der Waals surface area contributed by atoms with Gasteiger partial charge in [-0.15, -0.1) is 0 Å². The number of hydrogen-bond acceptors (Lipinski definition) is 3. The molecule has 1 rings (SSSR count). The number of hydrogen-bond donors (Lipinski definition) is 1. The van der Waals surface area contributed by atoms with Gasteiger partial charge < -0.3 is 15.4 Å². The Labute approximate surface area is 102 Å². The Bertz CT molecular complexity index is 402. The molecule has 0 aliphatic rings. The molecule has 1 unspecified atom stereocenters. The third-order valence-corrected chi connectivity index (χ3v) is 2.97. The van der Waals surface area contributed by atoms with Crippen molar-refractivity contribution in [3.8, 4) is 5.75 Å². The monoisotopic (exact) mass is 236 g/mol. The highest BCUT2D eigenvalue weighted by Crippen LogP contribution is 2.28. The van der Waals surface area contributed by atoms with Crippen LogP contribution in [0.5, 0.6) is 5.75 Å². The molecule has 4 nitrogen and oxygen atoms in total. The normalized spacial score (nSPS) is 13.9. The average Bonchev–Trinajstić information content (AvgIpc) is 2.36. The van der Waals surface area contributed by atoms with Crippen molar-refractivity contribution < 1.29 is 9.53 Å². The first kappa shape index (κ1) is 13.5. The molecule has 1 amide bonds. The van der Waals surface area contributed by atoms with Crippen molar-refractivity contribution in [2.45, 2.75) is 25.8 Å². The molecule has 17 heavy (non-hydrogen) atoms. The fourth-order valence-electron chi connectivity index (χ4n) is 1.55. The minimum Gasteiger partial charge on any atom is -0.495 e. The molecule has 0 bridgehead atoms. The summed E-state index contributed by atoms with van der Waals surface area (Å²) in [5.74, 6) is 0.541. The standard InChI is InChI=1S/C13H20N2O2/c1-5-13(2,14)12(16)15(3)10-8-6-7-9-11(10)17-4/h6-9H,5,14H2,1-4H3. The summed E-state index contributed by atoms with van der Waals surface area (Å²) in [6, 6.07) is 7.38. The van der Waals surface area contributed by atoms with Crippen LogP contribution in [-0.2, 0) is 4.79 Å². The van der Waals surface area contributed by atoms with E-state index in [4.69, 9.17) is 10.5 Å². The van der Waals surface area contributed by atoms with Crippen LogP contribution in [-0.4, -0.2) is 25.6 Å². The summed E-state index contributed by atoms with van der Waals surface area (Å²) in [5.41, 5.74) is 5.83. The maximum atomic E-state index is 12.2. The van der Waals surface area contributed by atoms with Gasteiger partial charge in [-0.05, 0) is 25.5 Å².